The van der Waals surface area contributed by atoms with Crippen LogP contribution in [0.25, 0.3) is 0 Å². The van der Waals surface area contributed by atoms with E-state index in [0.29, 0.717) is 6.54 Å². The first kappa shape index (κ1) is 17.7. The number of thiazole rings is 1. The third-order valence-electron chi connectivity index (χ3n) is 3.20. The van der Waals surface area contributed by atoms with Crippen molar-refractivity contribution in [2.45, 2.75) is 19.9 Å². The van der Waals surface area contributed by atoms with Crippen LogP contribution >= 0.6 is 27.3 Å². The maximum absolute atomic E-state index is 5.24. The first-order valence-corrected chi connectivity index (χ1v) is 8.91. The number of methoxy groups -OCH3 is 1. The number of ether oxygens (including phenoxy) is 1. The molecule has 0 aliphatic carbocycles. The average Bonchev–Trinajstić information content (AvgIpc) is 2.96. The van der Waals surface area contributed by atoms with Gasteiger partial charge in [-0.1, -0.05) is 6.07 Å². The second-order valence-corrected chi connectivity index (χ2v) is 7.11. The Labute approximate surface area is 149 Å². The van der Waals surface area contributed by atoms with Crippen molar-refractivity contribution in [1.29, 1.82) is 0 Å². The lowest BCUT2D eigenvalue weighted by atomic mass is 10.2. The van der Waals surface area contributed by atoms with Crippen LogP contribution in [-0.4, -0.2) is 31.6 Å². The molecule has 2 N–H and O–H groups in total. The molecule has 2 rings (SSSR count). The third kappa shape index (κ3) is 5.51. The van der Waals surface area contributed by atoms with Crippen molar-refractivity contribution in [2.24, 2.45) is 4.99 Å². The molecule has 23 heavy (non-hydrogen) atoms. The maximum Gasteiger partial charge on any atom is 0.191 e. The Hall–Kier alpha value is -1.60. The van der Waals surface area contributed by atoms with Crippen molar-refractivity contribution in [1.82, 2.24) is 15.6 Å². The molecule has 0 aliphatic heterocycles. The zero-order valence-corrected chi connectivity index (χ0v) is 15.9. The first-order valence-electron chi connectivity index (χ1n) is 7.30. The van der Waals surface area contributed by atoms with Crippen molar-refractivity contribution < 1.29 is 4.74 Å². The van der Waals surface area contributed by atoms with Crippen LogP contribution in [0.15, 0.2) is 33.9 Å². The van der Waals surface area contributed by atoms with Crippen LogP contribution in [0.2, 0.25) is 0 Å². The molecule has 124 valence electrons. The van der Waals surface area contributed by atoms with Gasteiger partial charge in [0.25, 0.3) is 0 Å². The molecular weight excluding hydrogens is 376 g/mol. The molecule has 0 amide bonds. The molecule has 1 aromatic heterocycles. The summed E-state index contributed by atoms with van der Waals surface area (Å²) in [5, 5.41) is 7.75. The number of nitrogens with one attached hydrogen (secondary N) is 2. The van der Waals surface area contributed by atoms with E-state index in [2.05, 4.69) is 43.5 Å². The first-order chi connectivity index (χ1) is 11.1. The second-order valence-electron chi connectivity index (χ2n) is 4.94. The van der Waals surface area contributed by atoms with Crippen LogP contribution in [0, 0.1) is 6.92 Å². The summed E-state index contributed by atoms with van der Waals surface area (Å²) >= 11 is 5.23. The predicted octanol–water partition coefficient (Wildman–Crippen LogP) is 3.13. The number of hydrogen-bond acceptors (Lipinski definition) is 4. The van der Waals surface area contributed by atoms with Crippen molar-refractivity contribution in [3.8, 4) is 5.75 Å². The molecular formula is C16H21BrN4OS. The zero-order chi connectivity index (χ0) is 16.7. The fourth-order valence-electron chi connectivity index (χ4n) is 2.03. The normalized spacial score (nSPS) is 11.4. The van der Waals surface area contributed by atoms with E-state index in [1.807, 2.05) is 24.4 Å². The molecule has 0 unspecified atom stereocenters. The number of hydrogen-bond donors (Lipinski definition) is 2. The minimum atomic E-state index is 0.693. The van der Waals surface area contributed by atoms with Crippen LogP contribution in [0.4, 0.5) is 0 Å². The van der Waals surface area contributed by atoms with Crippen LogP contribution in [0.1, 0.15) is 15.4 Å². The molecule has 0 atom stereocenters. The smallest absolute Gasteiger partial charge is 0.191 e. The molecule has 0 bridgehead atoms. The lowest BCUT2D eigenvalue weighted by Crippen LogP contribution is -2.37. The highest BCUT2D eigenvalue weighted by atomic mass is 79.9. The van der Waals surface area contributed by atoms with Crippen molar-refractivity contribution >= 4 is 33.2 Å². The van der Waals surface area contributed by atoms with Gasteiger partial charge >= 0.3 is 0 Å². The number of aryl methyl sites for hydroxylation is 1. The number of guanidine groups is 1. The minimum absolute atomic E-state index is 0.693. The van der Waals surface area contributed by atoms with Crippen molar-refractivity contribution in [3.63, 3.8) is 0 Å². The number of nitrogens with zero attached hydrogens (tertiary/aromatic N) is 2. The van der Waals surface area contributed by atoms with Crippen LogP contribution in [0.3, 0.4) is 0 Å². The Morgan fingerprint density at radius 1 is 1.39 bits per heavy atom. The molecule has 0 aliphatic rings. The Morgan fingerprint density at radius 3 is 2.83 bits per heavy atom. The third-order valence-corrected chi connectivity index (χ3v) is 4.79. The summed E-state index contributed by atoms with van der Waals surface area (Å²) in [5.74, 6) is 1.61. The second kappa shape index (κ2) is 8.88. The Balaban J connectivity index is 1.79. The van der Waals surface area contributed by atoms with Gasteiger partial charge < -0.3 is 15.4 Å². The number of benzene rings is 1. The summed E-state index contributed by atoms with van der Waals surface area (Å²) in [6, 6.07) is 6.02. The van der Waals surface area contributed by atoms with E-state index in [4.69, 9.17) is 4.74 Å². The molecule has 2 aromatic rings. The molecule has 1 heterocycles. The van der Waals surface area contributed by atoms with Gasteiger partial charge in [-0.2, -0.15) is 0 Å². The highest BCUT2D eigenvalue weighted by molar-refractivity contribution is 9.10. The van der Waals surface area contributed by atoms with Crippen LogP contribution < -0.4 is 15.4 Å². The number of halogens is 1. The van der Waals surface area contributed by atoms with Gasteiger partial charge in [0.2, 0.25) is 0 Å². The van der Waals surface area contributed by atoms with Gasteiger partial charge in [-0.3, -0.25) is 4.99 Å². The Bertz CT molecular complexity index is 672. The summed E-state index contributed by atoms with van der Waals surface area (Å²) in [6.07, 6.45) is 2.81. The summed E-state index contributed by atoms with van der Waals surface area (Å²) in [6.45, 7) is 3.57. The van der Waals surface area contributed by atoms with E-state index in [1.165, 1.54) is 4.88 Å². The van der Waals surface area contributed by atoms with E-state index in [0.717, 1.165) is 39.7 Å². The lowest BCUT2D eigenvalue weighted by Gasteiger charge is -2.12. The zero-order valence-electron chi connectivity index (χ0n) is 13.5. The standard InChI is InChI=1S/C16H21BrN4OS/c1-11-9-20-15(23-11)6-7-19-16(18-2)21-10-12-4-5-14(22-3)13(17)8-12/h4-5,8-9H,6-7,10H2,1-3H3,(H2,18,19,21). The van der Waals surface area contributed by atoms with Gasteiger partial charge in [0.05, 0.1) is 16.6 Å². The molecule has 0 saturated heterocycles. The van der Waals surface area contributed by atoms with Crippen LogP contribution in [-0.2, 0) is 13.0 Å². The fourth-order valence-corrected chi connectivity index (χ4v) is 3.41. The Morgan fingerprint density at radius 2 is 2.22 bits per heavy atom. The van der Waals surface area contributed by atoms with Gasteiger partial charge in [0, 0.05) is 37.6 Å². The van der Waals surface area contributed by atoms with E-state index in [9.17, 15) is 0 Å². The van der Waals surface area contributed by atoms with E-state index in [1.54, 1.807) is 25.5 Å². The monoisotopic (exact) mass is 396 g/mol. The summed E-state index contributed by atoms with van der Waals surface area (Å²) in [4.78, 5) is 9.84. The highest BCUT2D eigenvalue weighted by Crippen LogP contribution is 2.25. The van der Waals surface area contributed by atoms with Gasteiger partial charge in [0.15, 0.2) is 5.96 Å². The largest absolute Gasteiger partial charge is 0.496 e. The molecule has 7 heteroatoms. The van der Waals surface area contributed by atoms with Gasteiger partial charge in [-0.05, 0) is 40.5 Å². The van der Waals surface area contributed by atoms with Gasteiger partial charge in [-0.15, -0.1) is 11.3 Å². The maximum atomic E-state index is 5.24. The fraction of sp³-hybridized carbons (Fsp3) is 0.375. The summed E-state index contributed by atoms with van der Waals surface area (Å²) in [5.41, 5.74) is 1.15. The SMILES string of the molecule is CN=C(NCCc1ncc(C)s1)NCc1ccc(OC)c(Br)c1. The minimum Gasteiger partial charge on any atom is -0.496 e. The number of aliphatic imine (C=N–C) groups is 1. The lowest BCUT2D eigenvalue weighted by molar-refractivity contribution is 0.412. The molecule has 0 saturated carbocycles. The van der Waals surface area contributed by atoms with Crippen molar-refractivity contribution in [2.75, 3.05) is 20.7 Å². The molecule has 0 spiro atoms. The van der Waals surface area contributed by atoms with Gasteiger partial charge in [0.1, 0.15) is 5.75 Å². The van der Waals surface area contributed by atoms with E-state index in [-0.39, 0.29) is 0 Å². The molecule has 0 fully saturated rings. The van der Waals surface area contributed by atoms with Crippen molar-refractivity contribution in [3.05, 3.63) is 44.3 Å². The summed E-state index contributed by atoms with van der Waals surface area (Å²) < 4.78 is 6.18. The van der Waals surface area contributed by atoms with Gasteiger partial charge in [-0.25, -0.2) is 4.98 Å². The Kier molecular flexibility index (Phi) is 6.85. The van der Waals surface area contributed by atoms with E-state index >= 15 is 0 Å². The molecule has 1 aromatic carbocycles. The van der Waals surface area contributed by atoms with Crippen LogP contribution in [0.5, 0.6) is 5.75 Å². The number of aromatic nitrogens is 1. The number of rotatable bonds is 6. The molecule has 0 radical (unpaired) electrons. The predicted molar refractivity (Wildman–Crippen MR) is 99.5 cm³/mol. The average molecular weight is 397 g/mol. The van der Waals surface area contributed by atoms with E-state index < -0.39 is 0 Å². The summed E-state index contributed by atoms with van der Waals surface area (Å²) in [7, 11) is 3.43. The highest BCUT2D eigenvalue weighted by Gasteiger charge is 2.04. The molecule has 5 nitrogen and oxygen atoms in total. The topological polar surface area (TPSA) is 58.5 Å². The quantitative estimate of drug-likeness (QED) is 0.581.